The molecule has 0 aromatic rings. The standard InChI is InChI=1S/C10H17NO3/c1-3-8(4-2)5-11-6-9(12)14-10(13)7-11/h8H,3-7H2,1-2H3. The van der Waals surface area contributed by atoms with Crippen molar-refractivity contribution in [1.82, 2.24) is 4.90 Å². The van der Waals surface area contributed by atoms with E-state index in [9.17, 15) is 9.59 Å². The van der Waals surface area contributed by atoms with Crippen molar-refractivity contribution >= 4 is 11.9 Å². The second-order valence-electron chi connectivity index (χ2n) is 3.70. The van der Waals surface area contributed by atoms with Gasteiger partial charge in [0.1, 0.15) is 0 Å². The smallest absolute Gasteiger partial charge is 0.327 e. The zero-order valence-corrected chi connectivity index (χ0v) is 8.78. The highest BCUT2D eigenvalue weighted by Gasteiger charge is 2.25. The van der Waals surface area contributed by atoms with E-state index in [1.807, 2.05) is 4.90 Å². The average Bonchev–Trinajstić information content (AvgIpc) is 2.12. The first-order valence-corrected chi connectivity index (χ1v) is 5.11. The summed E-state index contributed by atoms with van der Waals surface area (Å²) in [5.41, 5.74) is 0. The van der Waals surface area contributed by atoms with Crippen LogP contribution in [0.1, 0.15) is 26.7 Å². The SMILES string of the molecule is CCC(CC)CN1CC(=O)OC(=O)C1. The summed E-state index contributed by atoms with van der Waals surface area (Å²) in [6, 6.07) is 0. The molecule has 4 nitrogen and oxygen atoms in total. The Morgan fingerprint density at radius 2 is 1.71 bits per heavy atom. The van der Waals surface area contributed by atoms with Crippen LogP contribution in [0, 0.1) is 5.92 Å². The van der Waals surface area contributed by atoms with Crippen LogP contribution in [-0.2, 0) is 14.3 Å². The number of esters is 2. The summed E-state index contributed by atoms with van der Waals surface area (Å²) in [7, 11) is 0. The molecule has 0 aromatic heterocycles. The number of cyclic esters (lactones) is 2. The van der Waals surface area contributed by atoms with Gasteiger partial charge in [-0.05, 0) is 5.92 Å². The fourth-order valence-electron chi connectivity index (χ4n) is 1.65. The van der Waals surface area contributed by atoms with E-state index in [-0.39, 0.29) is 13.1 Å². The van der Waals surface area contributed by atoms with Crippen molar-refractivity contribution in [3.63, 3.8) is 0 Å². The van der Waals surface area contributed by atoms with Gasteiger partial charge in [-0.3, -0.25) is 14.5 Å². The van der Waals surface area contributed by atoms with E-state index in [4.69, 9.17) is 0 Å². The Morgan fingerprint density at radius 3 is 2.14 bits per heavy atom. The summed E-state index contributed by atoms with van der Waals surface area (Å²) < 4.78 is 4.45. The predicted molar refractivity (Wildman–Crippen MR) is 51.6 cm³/mol. The van der Waals surface area contributed by atoms with E-state index in [2.05, 4.69) is 18.6 Å². The van der Waals surface area contributed by atoms with Gasteiger partial charge in [-0.25, -0.2) is 0 Å². The molecular formula is C10H17NO3. The Hall–Kier alpha value is -0.900. The molecule has 4 heteroatoms. The first-order valence-electron chi connectivity index (χ1n) is 5.11. The highest BCUT2D eigenvalue weighted by atomic mass is 16.6. The third-order valence-corrected chi connectivity index (χ3v) is 2.60. The average molecular weight is 199 g/mol. The van der Waals surface area contributed by atoms with Crippen LogP contribution in [0.3, 0.4) is 0 Å². The van der Waals surface area contributed by atoms with E-state index in [1.54, 1.807) is 0 Å². The number of morpholine rings is 1. The fourth-order valence-corrected chi connectivity index (χ4v) is 1.65. The van der Waals surface area contributed by atoms with Gasteiger partial charge in [-0.1, -0.05) is 26.7 Å². The topological polar surface area (TPSA) is 46.6 Å². The van der Waals surface area contributed by atoms with Crippen LogP contribution in [0.5, 0.6) is 0 Å². The van der Waals surface area contributed by atoms with E-state index in [1.165, 1.54) is 0 Å². The van der Waals surface area contributed by atoms with Gasteiger partial charge < -0.3 is 4.74 Å². The van der Waals surface area contributed by atoms with Gasteiger partial charge >= 0.3 is 11.9 Å². The summed E-state index contributed by atoms with van der Waals surface area (Å²) in [5, 5.41) is 0. The molecule has 80 valence electrons. The Kier molecular flexibility index (Phi) is 4.07. The third-order valence-electron chi connectivity index (χ3n) is 2.60. The molecule has 0 radical (unpaired) electrons. The molecule has 0 bridgehead atoms. The highest BCUT2D eigenvalue weighted by Crippen LogP contribution is 2.11. The van der Waals surface area contributed by atoms with E-state index >= 15 is 0 Å². The molecule has 0 amide bonds. The minimum absolute atomic E-state index is 0.252. The van der Waals surface area contributed by atoms with Gasteiger partial charge in [0.2, 0.25) is 0 Å². The number of hydrogen-bond donors (Lipinski definition) is 0. The minimum atomic E-state index is -0.424. The molecule has 1 heterocycles. The lowest BCUT2D eigenvalue weighted by molar-refractivity contribution is -0.167. The molecule has 0 aromatic carbocycles. The zero-order valence-electron chi connectivity index (χ0n) is 8.78. The molecule has 0 atom stereocenters. The minimum Gasteiger partial charge on any atom is -0.391 e. The van der Waals surface area contributed by atoms with Crippen LogP contribution < -0.4 is 0 Å². The van der Waals surface area contributed by atoms with Gasteiger partial charge in [-0.15, -0.1) is 0 Å². The normalized spacial score (nSPS) is 18.8. The van der Waals surface area contributed by atoms with Crippen LogP contribution >= 0.6 is 0 Å². The molecule has 0 saturated carbocycles. The lowest BCUT2D eigenvalue weighted by Crippen LogP contribution is -2.44. The number of rotatable bonds is 4. The molecule has 0 unspecified atom stereocenters. The second-order valence-corrected chi connectivity index (χ2v) is 3.70. The quantitative estimate of drug-likeness (QED) is 0.496. The van der Waals surface area contributed by atoms with E-state index in [0.717, 1.165) is 19.4 Å². The van der Waals surface area contributed by atoms with E-state index in [0.29, 0.717) is 5.92 Å². The Bertz CT molecular complexity index is 207. The second kappa shape index (κ2) is 5.10. The molecule has 0 spiro atoms. The Morgan fingerprint density at radius 1 is 1.21 bits per heavy atom. The van der Waals surface area contributed by atoms with Crippen molar-refractivity contribution in [2.75, 3.05) is 19.6 Å². The van der Waals surface area contributed by atoms with Crippen LogP contribution in [0.15, 0.2) is 0 Å². The summed E-state index contributed by atoms with van der Waals surface area (Å²) in [4.78, 5) is 23.8. The highest BCUT2D eigenvalue weighted by molar-refractivity contribution is 5.90. The van der Waals surface area contributed by atoms with Gasteiger partial charge in [0.25, 0.3) is 0 Å². The fraction of sp³-hybridized carbons (Fsp3) is 0.800. The maximum Gasteiger partial charge on any atom is 0.327 e. The number of nitrogens with zero attached hydrogens (tertiary/aromatic N) is 1. The van der Waals surface area contributed by atoms with Gasteiger partial charge in [-0.2, -0.15) is 0 Å². The third kappa shape index (κ3) is 3.10. The van der Waals surface area contributed by atoms with Gasteiger partial charge in [0.05, 0.1) is 13.1 Å². The first-order chi connectivity index (χ1) is 6.65. The maximum atomic E-state index is 11.0. The van der Waals surface area contributed by atoms with Crippen LogP contribution in [0.25, 0.3) is 0 Å². The molecule has 14 heavy (non-hydrogen) atoms. The van der Waals surface area contributed by atoms with Crippen molar-refractivity contribution in [2.45, 2.75) is 26.7 Å². The molecule has 0 N–H and O–H groups in total. The molecule has 1 aliphatic heterocycles. The van der Waals surface area contributed by atoms with Crippen molar-refractivity contribution < 1.29 is 14.3 Å². The lowest BCUT2D eigenvalue weighted by atomic mass is 10.0. The maximum absolute atomic E-state index is 11.0. The number of carbonyl (C=O) groups is 2. The summed E-state index contributed by atoms with van der Waals surface area (Å²) >= 11 is 0. The molecule has 1 rings (SSSR count). The van der Waals surface area contributed by atoms with Crippen LogP contribution in [0.2, 0.25) is 0 Å². The van der Waals surface area contributed by atoms with Crippen LogP contribution in [0.4, 0.5) is 0 Å². The largest absolute Gasteiger partial charge is 0.391 e. The molecular weight excluding hydrogens is 182 g/mol. The van der Waals surface area contributed by atoms with Gasteiger partial charge in [0.15, 0.2) is 0 Å². The number of hydrogen-bond acceptors (Lipinski definition) is 4. The monoisotopic (exact) mass is 199 g/mol. The molecule has 1 saturated heterocycles. The van der Waals surface area contributed by atoms with Crippen molar-refractivity contribution in [2.24, 2.45) is 5.92 Å². The Balaban J connectivity index is 2.43. The zero-order chi connectivity index (χ0) is 10.6. The van der Waals surface area contributed by atoms with Crippen molar-refractivity contribution in [3.05, 3.63) is 0 Å². The van der Waals surface area contributed by atoms with Crippen molar-refractivity contribution in [3.8, 4) is 0 Å². The summed E-state index contributed by atoms with van der Waals surface area (Å²) in [5.74, 6) is -0.284. The number of carbonyl (C=O) groups excluding carboxylic acids is 2. The molecule has 0 aliphatic carbocycles. The first kappa shape index (κ1) is 11.2. The summed E-state index contributed by atoms with van der Waals surface area (Å²) in [6.45, 7) is 5.56. The van der Waals surface area contributed by atoms with E-state index < -0.39 is 11.9 Å². The predicted octanol–water partition coefficient (Wildman–Crippen LogP) is 0.808. The number of ether oxygens (including phenoxy) is 1. The lowest BCUT2D eigenvalue weighted by Gasteiger charge is -2.27. The molecule has 1 aliphatic rings. The van der Waals surface area contributed by atoms with Gasteiger partial charge in [0, 0.05) is 6.54 Å². The molecule has 1 fully saturated rings. The Labute approximate surface area is 84.2 Å². The van der Waals surface area contributed by atoms with Crippen molar-refractivity contribution in [1.29, 1.82) is 0 Å². The van der Waals surface area contributed by atoms with Crippen LogP contribution in [-0.4, -0.2) is 36.5 Å². The summed E-state index contributed by atoms with van der Waals surface area (Å²) in [6.07, 6.45) is 2.16.